The van der Waals surface area contributed by atoms with Gasteiger partial charge in [-0.2, -0.15) is 14.6 Å². The molecule has 1 atom stereocenters. The first-order chi connectivity index (χ1) is 13.5. The summed E-state index contributed by atoms with van der Waals surface area (Å²) in [5.74, 6) is 0.130. The second-order valence-corrected chi connectivity index (χ2v) is 7.48. The van der Waals surface area contributed by atoms with Gasteiger partial charge in [-0.15, -0.1) is 10.2 Å². The molecule has 1 N–H and O–H groups in total. The molecule has 0 spiro atoms. The van der Waals surface area contributed by atoms with Crippen molar-refractivity contribution in [1.82, 2.24) is 34.7 Å². The maximum absolute atomic E-state index is 13.7. The van der Waals surface area contributed by atoms with Gasteiger partial charge >= 0.3 is 0 Å². The molecule has 0 aliphatic carbocycles. The minimum Gasteiger partial charge on any atom is -0.313 e. The normalized spacial score (nSPS) is 12.3. The molecule has 0 saturated heterocycles. The molecule has 4 aromatic rings. The zero-order valence-electron chi connectivity index (χ0n) is 15.7. The molecule has 0 aliphatic rings. The Bertz CT molecular complexity index is 1100. The molecule has 4 rings (SSSR count). The van der Waals surface area contributed by atoms with Gasteiger partial charge in [-0.25, -0.2) is 4.98 Å². The first kappa shape index (κ1) is 18.2. The molecule has 0 saturated carbocycles. The zero-order chi connectivity index (χ0) is 19.7. The summed E-state index contributed by atoms with van der Waals surface area (Å²) in [5, 5.41) is 22.0. The van der Waals surface area contributed by atoms with Crippen LogP contribution in [0.1, 0.15) is 34.9 Å². The number of nitrogens with one attached hydrogen (secondary N) is 1. The van der Waals surface area contributed by atoms with Gasteiger partial charge in [-0.3, -0.25) is 9.36 Å². The fraction of sp³-hybridized carbons (Fsp3) is 0.278. The van der Waals surface area contributed by atoms with Crippen LogP contribution in [0.25, 0.3) is 0 Å². The number of hydrogen-bond acceptors (Lipinski definition) is 7. The summed E-state index contributed by atoms with van der Waals surface area (Å²) in [6.45, 7) is 6.34. The highest BCUT2D eigenvalue weighted by molar-refractivity contribution is 7.15. The van der Waals surface area contributed by atoms with Gasteiger partial charge in [0.15, 0.2) is 5.82 Å². The van der Waals surface area contributed by atoms with E-state index in [9.17, 15) is 4.39 Å². The Morgan fingerprint density at radius 1 is 1.21 bits per heavy atom. The molecule has 4 aromatic heterocycles. The van der Waals surface area contributed by atoms with Gasteiger partial charge in [-0.1, -0.05) is 17.4 Å². The molecular formula is C18H19FN8S. The fourth-order valence-electron chi connectivity index (χ4n) is 2.93. The Morgan fingerprint density at radius 2 is 2.07 bits per heavy atom. The average molecular weight is 398 g/mol. The van der Waals surface area contributed by atoms with Crippen LogP contribution < -0.4 is 5.32 Å². The quantitative estimate of drug-likeness (QED) is 0.501. The molecule has 8 nitrogen and oxygen atoms in total. The van der Waals surface area contributed by atoms with Gasteiger partial charge in [0, 0.05) is 29.7 Å². The van der Waals surface area contributed by atoms with Gasteiger partial charge < -0.3 is 5.32 Å². The third kappa shape index (κ3) is 3.77. The summed E-state index contributed by atoms with van der Waals surface area (Å²) >= 11 is 1.45. The number of aromatic nitrogens is 7. The molecule has 0 aromatic carbocycles. The lowest BCUT2D eigenvalue weighted by Gasteiger charge is -2.10. The Morgan fingerprint density at radius 3 is 2.82 bits per heavy atom. The maximum atomic E-state index is 13.7. The lowest BCUT2D eigenvalue weighted by molar-refractivity contribution is 0.540. The van der Waals surface area contributed by atoms with Crippen LogP contribution in [-0.2, 0) is 6.54 Å². The lowest BCUT2D eigenvalue weighted by Crippen LogP contribution is -2.10. The molecule has 0 radical (unpaired) electrons. The second-order valence-electron chi connectivity index (χ2n) is 6.47. The molecule has 0 fully saturated rings. The Kier molecular flexibility index (Phi) is 4.86. The minimum atomic E-state index is -0.487. The lowest BCUT2D eigenvalue weighted by atomic mass is 10.3. The highest BCUT2D eigenvalue weighted by Gasteiger charge is 2.17. The summed E-state index contributed by atoms with van der Waals surface area (Å²) in [4.78, 5) is 3.65. The first-order valence-corrected chi connectivity index (χ1v) is 9.57. The first-order valence-electron chi connectivity index (χ1n) is 8.75. The van der Waals surface area contributed by atoms with E-state index in [0.717, 1.165) is 16.4 Å². The van der Waals surface area contributed by atoms with E-state index in [0.29, 0.717) is 23.1 Å². The standard InChI is InChI=1S/C18H19FN8S/c1-11-9-12(2)27(24-11)13(3)17-22-23-18(28-17)21-15-6-8-26(25-15)10-14-5-4-7-20-16(14)19/h4-9,13H,10H2,1-3H3,(H,21,23,25). The van der Waals surface area contributed by atoms with Gasteiger partial charge in [0.25, 0.3) is 0 Å². The molecule has 28 heavy (non-hydrogen) atoms. The van der Waals surface area contributed by atoms with Gasteiger partial charge in [0.1, 0.15) is 11.0 Å². The molecule has 0 bridgehead atoms. The number of hydrogen-bond donors (Lipinski definition) is 1. The molecular weight excluding hydrogens is 379 g/mol. The third-order valence-electron chi connectivity index (χ3n) is 4.25. The van der Waals surface area contributed by atoms with Crippen molar-refractivity contribution in [3.63, 3.8) is 0 Å². The molecule has 144 valence electrons. The van der Waals surface area contributed by atoms with E-state index in [1.54, 1.807) is 29.1 Å². The summed E-state index contributed by atoms with van der Waals surface area (Å²) in [6, 6.07) is 7.23. The smallest absolute Gasteiger partial charge is 0.217 e. The summed E-state index contributed by atoms with van der Waals surface area (Å²) < 4.78 is 17.3. The number of pyridine rings is 1. The molecule has 4 heterocycles. The van der Waals surface area contributed by atoms with E-state index in [2.05, 4.69) is 30.7 Å². The monoisotopic (exact) mass is 398 g/mol. The predicted molar refractivity (Wildman–Crippen MR) is 104 cm³/mol. The summed E-state index contributed by atoms with van der Waals surface area (Å²) in [5.41, 5.74) is 2.54. The van der Waals surface area contributed by atoms with Crippen molar-refractivity contribution < 1.29 is 4.39 Å². The van der Waals surface area contributed by atoms with E-state index in [1.165, 1.54) is 17.5 Å². The number of rotatable bonds is 6. The largest absolute Gasteiger partial charge is 0.313 e. The van der Waals surface area contributed by atoms with Crippen molar-refractivity contribution in [2.45, 2.75) is 33.4 Å². The van der Waals surface area contributed by atoms with Crippen molar-refractivity contribution in [3.05, 3.63) is 64.6 Å². The maximum Gasteiger partial charge on any atom is 0.217 e. The fourth-order valence-corrected chi connectivity index (χ4v) is 3.72. The van der Waals surface area contributed by atoms with Crippen molar-refractivity contribution in [1.29, 1.82) is 0 Å². The van der Waals surface area contributed by atoms with Crippen LogP contribution in [0.3, 0.4) is 0 Å². The van der Waals surface area contributed by atoms with Crippen LogP contribution in [0.5, 0.6) is 0 Å². The van der Waals surface area contributed by atoms with Crippen molar-refractivity contribution >= 4 is 22.3 Å². The summed E-state index contributed by atoms with van der Waals surface area (Å²) in [6.07, 6.45) is 3.20. The Balaban J connectivity index is 1.45. The van der Waals surface area contributed by atoms with E-state index < -0.39 is 5.95 Å². The van der Waals surface area contributed by atoms with Gasteiger partial charge in [0.05, 0.1) is 12.2 Å². The average Bonchev–Trinajstić information content (AvgIpc) is 3.38. The van der Waals surface area contributed by atoms with Crippen LogP contribution in [0.2, 0.25) is 0 Å². The van der Waals surface area contributed by atoms with Crippen LogP contribution >= 0.6 is 11.3 Å². The molecule has 0 aliphatic heterocycles. The van der Waals surface area contributed by atoms with Gasteiger partial charge in [0.2, 0.25) is 11.1 Å². The zero-order valence-corrected chi connectivity index (χ0v) is 16.5. The van der Waals surface area contributed by atoms with E-state index in [-0.39, 0.29) is 6.04 Å². The van der Waals surface area contributed by atoms with E-state index >= 15 is 0 Å². The van der Waals surface area contributed by atoms with Crippen molar-refractivity contribution in [2.75, 3.05) is 5.32 Å². The van der Waals surface area contributed by atoms with Crippen LogP contribution in [0.15, 0.2) is 36.7 Å². The van der Waals surface area contributed by atoms with Crippen LogP contribution in [0.4, 0.5) is 15.3 Å². The minimum absolute atomic E-state index is 0.00661. The van der Waals surface area contributed by atoms with E-state index in [1.807, 2.05) is 31.5 Å². The van der Waals surface area contributed by atoms with Gasteiger partial charge in [-0.05, 0) is 32.9 Å². The summed E-state index contributed by atoms with van der Waals surface area (Å²) in [7, 11) is 0. The Labute approximate surface area is 165 Å². The number of aryl methyl sites for hydroxylation is 2. The number of anilines is 2. The van der Waals surface area contributed by atoms with Crippen LogP contribution in [-0.4, -0.2) is 34.7 Å². The topological polar surface area (TPSA) is 86.3 Å². The highest BCUT2D eigenvalue weighted by Crippen LogP contribution is 2.27. The number of halogens is 1. The molecule has 1 unspecified atom stereocenters. The van der Waals surface area contributed by atoms with E-state index in [4.69, 9.17) is 0 Å². The molecule has 0 amide bonds. The van der Waals surface area contributed by atoms with Crippen molar-refractivity contribution in [3.8, 4) is 0 Å². The van der Waals surface area contributed by atoms with Crippen molar-refractivity contribution in [2.24, 2.45) is 0 Å². The highest BCUT2D eigenvalue weighted by atomic mass is 32.1. The third-order valence-corrected chi connectivity index (χ3v) is 5.26. The molecule has 10 heteroatoms. The number of nitrogens with zero attached hydrogens (tertiary/aromatic N) is 7. The second kappa shape index (κ2) is 7.47. The van der Waals surface area contributed by atoms with Crippen LogP contribution in [0, 0.1) is 19.8 Å². The Hall–Kier alpha value is -3.14. The SMILES string of the molecule is Cc1cc(C)n(C(C)c2nnc(Nc3ccn(Cc4cccnc4F)n3)s2)n1. The predicted octanol–water partition coefficient (Wildman–Crippen LogP) is 3.48.